The molecule has 5 N–H and O–H groups in total. The number of nitrogens with zero attached hydrogens (tertiary/aromatic N) is 3. The van der Waals surface area contributed by atoms with Crippen molar-refractivity contribution in [1.29, 1.82) is 0 Å². The third-order valence-electron chi connectivity index (χ3n) is 5.09. The van der Waals surface area contributed by atoms with Crippen molar-refractivity contribution in [3.05, 3.63) is 40.3 Å². The van der Waals surface area contributed by atoms with E-state index < -0.39 is 5.91 Å². The van der Waals surface area contributed by atoms with E-state index in [4.69, 9.17) is 16.3 Å². The number of fused-ring (bicyclic) bond motifs is 1. The summed E-state index contributed by atoms with van der Waals surface area (Å²) in [6.07, 6.45) is 3.84. The molecule has 32 heavy (non-hydrogen) atoms. The highest BCUT2D eigenvalue weighted by Crippen LogP contribution is 2.38. The predicted molar refractivity (Wildman–Crippen MR) is 126 cm³/mol. The van der Waals surface area contributed by atoms with E-state index >= 15 is 0 Å². The van der Waals surface area contributed by atoms with Gasteiger partial charge in [-0.25, -0.2) is 4.68 Å². The lowest BCUT2D eigenvalue weighted by Crippen LogP contribution is -2.20. The number of hydrogen-bond donors (Lipinski definition) is 3. The van der Waals surface area contributed by atoms with E-state index in [9.17, 15) is 9.59 Å². The number of carbonyl (C=O) groups is 2. The molecule has 11 heteroatoms. The van der Waals surface area contributed by atoms with Gasteiger partial charge in [-0.2, -0.15) is 0 Å². The number of aromatic nitrogens is 3. The van der Waals surface area contributed by atoms with Gasteiger partial charge in [0, 0.05) is 10.4 Å². The van der Waals surface area contributed by atoms with Crippen molar-refractivity contribution >= 4 is 39.9 Å². The summed E-state index contributed by atoms with van der Waals surface area (Å²) in [6, 6.07) is 7.38. The van der Waals surface area contributed by atoms with Gasteiger partial charge in [0.05, 0.1) is 17.9 Å². The number of aryl methyl sites for hydroxylation is 1. The number of nitrogens with one attached hydrogen (secondary N) is 1. The molecule has 0 unspecified atom stereocenters. The molecule has 168 valence electrons. The number of carbonyl (C=O) groups excluding carboxylic acids is 2. The number of nitrogen functional groups attached to an aromatic ring is 1. The lowest BCUT2D eigenvalue weighted by Gasteiger charge is -2.11. The molecule has 2 heterocycles. The molecule has 0 atom stereocenters. The maximum absolute atomic E-state index is 12.6. The molecule has 0 spiro atoms. The number of benzene rings is 1. The summed E-state index contributed by atoms with van der Waals surface area (Å²) in [7, 11) is 0. The van der Waals surface area contributed by atoms with Gasteiger partial charge in [-0.1, -0.05) is 11.8 Å². The third kappa shape index (κ3) is 4.58. The van der Waals surface area contributed by atoms with E-state index in [1.165, 1.54) is 27.8 Å². The lowest BCUT2D eigenvalue weighted by atomic mass is 9.95. The minimum absolute atomic E-state index is 0.0688. The van der Waals surface area contributed by atoms with Crippen molar-refractivity contribution < 1.29 is 14.3 Å². The number of thioether (sulfide) groups is 1. The van der Waals surface area contributed by atoms with E-state index in [0.29, 0.717) is 28.2 Å². The topological polar surface area (TPSA) is 138 Å². The molecule has 0 bridgehead atoms. The van der Waals surface area contributed by atoms with Gasteiger partial charge in [0.15, 0.2) is 5.82 Å². The van der Waals surface area contributed by atoms with Gasteiger partial charge < -0.3 is 21.6 Å². The van der Waals surface area contributed by atoms with Gasteiger partial charge in [0.25, 0.3) is 5.91 Å². The monoisotopic (exact) mass is 472 g/mol. The van der Waals surface area contributed by atoms with Crippen LogP contribution < -0.4 is 21.6 Å². The zero-order chi connectivity index (χ0) is 22.7. The Morgan fingerprint density at radius 3 is 2.69 bits per heavy atom. The molecule has 2 aromatic heterocycles. The minimum atomic E-state index is -0.506. The summed E-state index contributed by atoms with van der Waals surface area (Å²) in [6.45, 7) is 2.51. The minimum Gasteiger partial charge on any atom is -0.494 e. The van der Waals surface area contributed by atoms with Crippen LogP contribution in [0.4, 0.5) is 5.00 Å². The Kier molecular flexibility index (Phi) is 6.66. The molecule has 1 aromatic carbocycles. The quantitative estimate of drug-likeness (QED) is 0.338. The van der Waals surface area contributed by atoms with Crippen LogP contribution in [0.25, 0.3) is 11.4 Å². The zero-order valence-corrected chi connectivity index (χ0v) is 19.2. The number of hydrogen-bond acceptors (Lipinski definition) is 8. The smallest absolute Gasteiger partial charge is 0.251 e. The highest BCUT2D eigenvalue weighted by molar-refractivity contribution is 7.99. The molecule has 0 aliphatic heterocycles. The fraction of sp³-hybridized carbons (Fsp3) is 0.333. The SMILES string of the molecule is CCOc1ccc(-c2nnc(SCC(=O)Nc3sc4c(c3C(N)=O)CCCC4)n2N)cc1. The average molecular weight is 473 g/mol. The molecular weight excluding hydrogens is 448 g/mol. The molecule has 0 saturated carbocycles. The Balaban J connectivity index is 1.42. The number of amides is 2. The molecule has 1 aliphatic rings. The first-order valence-electron chi connectivity index (χ1n) is 10.3. The average Bonchev–Trinajstić information content (AvgIpc) is 3.33. The number of ether oxygens (including phenoxy) is 1. The Hall–Kier alpha value is -3.05. The molecule has 2 amide bonds. The largest absolute Gasteiger partial charge is 0.494 e. The number of anilines is 1. The predicted octanol–water partition coefficient (Wildman–Crippen LogP) is 2.83. The fourth-order valence-electron chi connectivity index (χ4n) is 3.65. The summed E-state index contributed by atoms with van der Waals surface area (Å²) in [5.41, 5.74) is 7.81. The van der Waals surface area contributed by atoms with Crippen molar-refractivity contribution in [3.8, 4) is 17.1 Å². The second-order valence-corrected chi connectivity index (χ2v) is 9.30. The maximum atomic E-state index is 12.6. The Bertz CT molecular complexity index is 1140. The number of rotatable bonds is 8. The lowest BCUT2D eigenvalue weighted by molar-refractivity contribution is -0.113. The van der Waals surface area contributed by atoms with Crippen LogP contribution in [0.5, 0.6) is 5.75 Å². The zero-order valence-electron chi connectivity index (χ0n) is 17.6. The number of primary amides is 1. The third-order valence-corrected chi connectivity index (χ3v) is 7.24. The van der Waals surface area contributed by atoms with Crippen LogP contribution >= 0.6 is 23.1 Å². The summed E-state index contributed by atoms with van der Waals surface area (Å²) in [4.78, 5) is 25.7. The molecular formula is C21H24N6O3S2. The first-order chi connectivity index (χ1) is 15.5. The second kappa shape index (κ2) is 9.61. The highest BCUT2D eigenvalue weighted by Gasteiger charge is 2.25. The second-order valence-electron chi connectivity index (χ2n) is 7.25. The maximum Gasteiger partial charge on any atom is 0.251 e. The first kappa shape index (κ1) is 22.2. The van der Waals surface area contributed by atoms with Crippen LogP contribution in [0.15, 0.2) is 29.4 Å². The van der Waals surface area contributed by atoms with E-state index in [1.54, 1.807) is 0 Å². The molecule has 3 aromatic rings. The van der Waals surface area contributed by atoms with E-state index in [2.05, 4.69) is 15.5 Å². The molecule has 4 rings (SSSR count). The van der Waals surface area contributed by atoms with Gasteiger partial charge in [-0.3, -0.25) is 9.59 Å². The van der Waals surface area contributed by atoms with Crippen molar-refractivity contribution in [2.45, 2.75) is 37.8 Å². The summed E-state index contributed by atoms with van der Waals surface area (Å²) >= 11 is 2.61. The van der Waals surface area contributed by atoms with E-state index in [-0.39, 0.29) is 11.7 Å². The van der Waals surface area contributed by atoms with Crippen LogP contribution in [-0.4, -0.2) is 39.0 Å². The van der Waals surface area contributed by atoms with Crippen LogP contribution in [0.3, 0.4) is 0 Å². The number of nitrogens with two attached hydrogens (primary N) is 2. The van der Waals surface area contributed by atoms with Gasteiger partial charge in [0.2, 0.25) is 11.1 Å². The Morgan fingerprint density at radius 1 is 1.22 bits per heavy atom. The molecule has 0 saturated heterocycles. The summed E-state index contributed by atoms with van der Waals surface area (Å²) < 4.78 is 6.80. The highest BCUT2D eigenvalue weighted by atomic mass is 32.2. The first-order valence-corrected chi connectivity index (χ1v) is 12.1. The van der Waals surface area contributed by atoms with E-state index in [1.807, 2.05) is 31.2 Å². The Morgan fingerprint density at radius 2 is 1.97 bits per heavy atom. The molecule has 0 fully saturated rings. The van der Waals surface area contributed by atoms with Gasteiger partial charge in [0.1, 0.15) is 10.8 Å². The van der Waals surface area contributed by atoms with E-state index in [0.717, 1.165) is 47.4 Å². The van der Waals surface area contributed by atoms with Crippen LogP contribution in [0.1, 0.15) is 40.6 Å². The van der Waals surface area contributed by atoms with Crippen molar-refractivity contribution in [2.24, 2.45) is 5.73 Å². The number of thiophene rings is 1. The van der Waals surface area contributed by atoms with Crippen molar-refractivity contribution in [2.75, 3.05) is 23.5 Å². The Labute approximate surface area is 193 Å². The normalized spacial score (nSPS) is 12.9. The van der Waals surface area contributed by atoms with Crippen LogP contribution in [-0.2, 0) is 17.6 Å². The van der Waals surface area contributed by atoms with Gasteiger partial charge in [-0.15, -0.1) is 21.5 Å². The van der Waals surface area contributed by atoms with Crippen molar-refractivity contribution in [3.63, 3.8) is 0 Å². The molecule has 1 aliphatic carbocycles. The molecule has 9 nitrogen and oxygen atoms in total. The fourth-order valence-corrected chi connectivity index (χ4v) is 5.61. The standard InChI is InChI=1S/C21H24N6O3S2/c1-2-30-13-9-7-12(8-10-13)19-25-26-21(27(19)23)31-11-16(28)24-20-17(18(22)29)14-5-3-4-6-15(14)32-20/h7-10H,2-6,11,23H2,1H3,(H2,22,29)(H,24,28). The molecule has 0 radical (unpaired) electrons. The summed E-state index contributed by atoms with van der Waals surface area (Å²) in [5.74, 6) is 6.70. The van der Waals surface area contributed by atoms with Crippen LogP contribution in [0, 0.1) is 0 Å². The van der Waals surface area contributed by atoms with Gasteiger partial charge >= 0.3 is 0 Å². The summed E-state index contributed by atoms with van der Waals surface area (Å²) in [5, 5.41) is 12.0. The van der Waals surface area contributed by atoms with Gasteiger partial charge in [-0.05, 0) is 62.4 Å². The van der Waals surface area contributed by atoms with Crippen molar-refractivity contribution in [1.82, 2.24) is 14.9 Å². The van der Waals surface area contributed by atoms with Crippen LogP contribution in [0.2, 0.25) is 0 Å².